The van der Waals surface area contributed by atoms with E-state index in [1.54, 1.807) is 0 Å². The van der Waals surface area contributed by atoms with Crippen LogP contribution in [-0.4, -0.2) is 11.1 Å². The number of allylic oxidation sites excluding steroid dienone is 8. The first kappa shape index (κ1) is 19.4. The highest BCUT2D eigenvalue weighted by Crippen LogP contribution is 2.01. The van der Waals surface area contributed by atoms with E-state index in [9.17, 15) is 4.79 Å². The molecule has 0 saturated heterocycles. The highest BCUT2D eigenvalue weighted by molar-refractivity contribution is 5.66. The number of unbranched alkanes of at least 4 members (excludes halogenated alkanes) is 4. The average Bonchev–Trinajstić information content (AvgIpc) is 2.46. The second-order valence-electron chi connectivity index (χ2n) is 5.05. The fourth-order valence-electron chi connectivity index (χ4n) is 1.78. The SMILES string of the molecule is CCCCC/C=C/C/C=C\C/C=C/C=C/CCCC(=O)O. The van der Waals surface area contributed by atoms with E-state index in [2.05, 4.69) is 37.3 Å². The minimum absolute atomic E-state index is 0.253. The molecule has 0 aromatic carbocycles. The highest BCUT2D eigenvalue weighted by Gasteiger charge is 1.92. The maximum Gasteiger partial charge on any atom is 0.303 e. The standard InChI is InChI=1S/C19H30O2/c1-2-3-4-5-6-7-8-9-10-11-12-13-14-15-16-17-18-19(20)21/h6-7,9-10,12-15H,2-5,8,11,16-18H2,1H3,(H,20,21)/b7-6+,10-9-,13-12+,15-14+. The van der Waals surface area contributed by atoms with E-state index in [0.717, 1.165) is 19.3 Å². The van der Waals surface area contributed by atoms with Crippen LogP contribution >= 0.6 is 0 Å². The van der Waals surface area contributed by atoms with Crippen LogP contribution < -0.4 is 0 Å². The molecule has 0 amide bonds. The van der Waals surface area contributed by atoms with Gasteiger partial charge in [-0.15, -0.1) is 0 Å². The van der Waals surface area contributed by atoms with Crippen molar-refractivity contribution in [3.05, 3.63) is 48.6 Å². The van der Waals surface area contributed by atoms with Gasteiger partial charge in [0.25, 0.3) is 0 Å². The molecule has 0 spiro atoms. The molecule has 0 aliphatic heterocycles. The Morgan fingerprint density at radius 2 is 1.43 bits per heavy atom. The zero-order valence-corrected chi connectivity index (χ0v) is 13.3. The Labute approximate surface area is 130 Å². The van der Waals surface area contributed by atoms with Gasteiger partial charge in [0.05, 0.1) is 0 Å². The van der Waals surface area contributed by atoms with Crippen LogP contribution in [0.4, 0.5) is 0 Å². The fraction of sp³-hybridized carbons (Fsp3) is 0.526. The van der Waals surface area contributed by atoms with Gasteiger partial charge in [0.15, 0.2) is 0 Å². The second-order valence-corrected chi connectivity index (χ2v) is 5.05. The maximum absolute atomic E-state index is 10.3. The van der Waals surface area contributed by atoms with E-state index in [-0.39, 0.29) is 6.42 Å². The van der Waals surface area contributed by atoms with Crippen molar-refractivity contribution in [3.63, 3.8) is 0 Å². The molecule has 0 unspecified atom stereocenters. The van der Waals surface area contributed by atoms with Crippen molar-refractivity contribution in [2.45, 2.75) is 64.7 Å². The first-order chi connectivity index (χ1) is 10.3. The van der Waals surface area contributed by atoms with Gasteiger partial charge in [-0.2, -0.15) is 0 Å². The summed E-state index contributed by atoms with van der Waals surface area (Å²) in [7, 11) is 0. The summed E-state index contributed by atoms with van der Waals surface area (Å²) < 4.78 is 0. The third-order valence-corrected chi connectivity index (χ3v) is 3.00. The van der Waals surface area contributed by atoms with Crippen molar-refractivity contribution in [2.24, 2.45) is 0 Å². The summed E-state index contributed by atoms with van der Waals surface area (Å²) >= 11 is 0. The lowest BCUT2D eigenvalue weighted by Gasteiger charge is -1.90. The van der Waals surface area contributed by atoms with Crippen molar-refractivity contribution < 1.29 is 9.90 Å². The third kappa shape index (κ3) is 18.4. The van der Waals surface area contributed by atoms with Crippen LogP contribution in [0.1, 0.15) is 64.7 Å². The second kappa shape index (κ2) is 16.5. The van der Waals surface area contributed by atoms with Gasteiger partial charge in [0, 0.05) is 6.42 Å². The summed E-state index contributed by atoms with van der Waals surface area (Å²) in [5.74, 6) is -0.719. The Bertz CT molecular complexity index is 349. The molecule has 118 valence electrons. The summed E-state index contributed by atoms with van der Waals surface area (Å²) in [6.07, 6.45) is 25.9. The summed E-state index contributed by atoms with van der Waals surface area (Å²) in [5, 5.41) is 8.48. The molecule has 21 heavy (non-hydrogen) atoms. The van der Waals surface area contributed by atoms with E-state index < -0.39 is 5.97 Å². The number of carboxylic acids is 1. The van der Waals surface area contributed by atoms with Gasteiger partial charge in [-0.1, -0.05) is 68.4 Å². The molecule has 0 fully saturated rings. The van der Waals surface area contributed by atoms with E-state index in [4.69, 9.17) is 5.11 Å². The Kier molecular flexibility index (Phi) is 15.3. The van der Waals surface area contributed by atoms with Gasteiger partial charge >= 0.3 is 5.97 Å². The predicted molar refractivity (Wildman–Crippen MR) is 91.4 cm³/mol. The number of hydrogen-bond acceptors (Lipinski definition) is 1. The van der Waals surface area contributed by atoms with Gasteiger partial charge in [-0.05, 0) is 38.5 Å². The molecule has 0 aromatic rings. The van der Waals surface area contributed by atoms with Crippen LogP contribution in [0.3, 0.4) is 0 Å². The van der Waals surface area contributed by atoms with E-state index in [0.29, 0.717) is 6.42 Å². The normalized spacial score (nSPS) is 12.4. The van der Waals surface area contributed by atoms with Crippen molar-refractivity contribution >= 4 is 5.97 Å². The van der Waals surface area contributed by atoms with Crippen molar-refractivity contribution in [3.8, 4) is 0 Å². The molecule has 0 saturated carbocycles. The molecule has 0 aliphatic carbocycles. The Balaban J connectivity index is 3.43. The summed E-state index contributed by atoms with van der Waals surface area (Å²) in [5.41, 5.74) is 0. The number of rotatable bonds is 13. The van der Waals surface area contributed by atoms with Crippen molar-refractivity contribution in [1.82, 2.24) is 0 Å². The summed E-state index contributed by atoms with van der Waals surface area (Å²) in [6.45, 7) is 2.23. The van der Waals surface area contributed by atoms with E-state index in [1.165, 1.54) is 25.7 Å². The largest absolute Gasteiger partial charge is 0.481 e. The molecule has 2 nitrogen and oxygen atoms in total. The van der Waals surface area contributed by atoms with Gasteiger partial charge in [0.1, 0.15) is 0 Å². The lowest BCUT2D eigenvalue weighted by Crippen LogP contribution is -1.92. The van der Waals surface area contributed by atoms with Gasteiger partial charge in [0.2, 0.25) is 0 Å². The molecule has 0 atom stereocenters. The number of hydrogen-bond donors (Lipinski definition) is 1. The van der Waals surface area contributed by atoms with E-state index >= 15 is 0 Å². The highest BCUT2D eigenvalue weighted by atomic mass is 16.4. The zero-order valence-electron chi connectivity index (χ0n) is 13.3. The van der Waals surface area contributed by atoms with Crippen LogP contribution in [0, 0.1) is 0 Å². The Morgan fingerprint density at radius 1 is 0.810 bits per heavy atom. The smallest absolute Gasteiger partial charge is 0.303 e. The topological polar surface area (TPSA) is 37.3 Å². The number of carboxylic acid groups (broad SMARTS) is 1. The molecular formula is C19H30O2. The zero-order chi connectivity index (χ0) is 15.6. The van der Waals surface area contributed by atoms with Crippen LogP contribution in [0.25, 0.3) is 0 Å². The summed E-state index contributed by atoms with van der Waals surface area (Å²) in [4.78, 5) is 10.3. The van der Waals surface area contributed by atoms with Crippen LogP contribution in [-0.2, 0) is 4.79 Å². The first-order valence-corrected chi connectivity index (χ1v) is 8.10. The van der Waals surface area contributed by atoms with Crippen molar-refractivity contribution in [1.29, 1.82) is 0 Å². The van der Waals surface area contributed by atoms with Gasteiger partial charge in [-0.25, -0.2) is 0 Å². The molecule has 0 rings (SSSR count). The molecule has 0 aliphatic rings. The Hall–Kier alpha value is -1.57. The molecule has 1 N–H and O–H groups in total. The molecular weight excluding hydrogens is 260 g/mol. The van der Waals surface area contributed by atoms with Crippen LogP contribution in [0.15, 0.2) is 48.6 Å². The molecule has 2 heteroatoms. The quantitative estimate of drug-likeness (QED) is 0.263. The number of aliphatic carboxylic acids is 1. The van der Waals surface area contributed by atoms with Crippen molar-refractivity contribution in [2.75, 3.05) is 0 Å². The van der Waals surface area contributed by atoms with Crippen LogP contribution in [0.5, 0.6) is 0 Å². The summed E-state index contributed by atoms with van der Waals surface area (Å²) in [6, 6.07) is 0. The molecule has 0 bridgehead atoms. The number of carbonyl (C=O) groups is 1. The fourth-order valence-corrected chi connectivity index (χ4v) is 1.78. The maximum atomic E-state index is 10.3. The minimum Gasteiger partial charge on any atom is -0.481 e. The first-order valence-electron chi connectivity index (χ1n) is 8.10. The molecule has 0 heterocycles. The van der Waals surface area contributed by atoms with Gasteiger partial charge in [-0.3, -0.25) is 4.79 Å². The monoisotopic (exact) mass is 290 g/mol. The minimum atomic E-state index is -0.719. The van der Waals surface area contributed by atoms with Gasteiger partial charge < -0.3 is 5.11 Å². The third-order valence-electron chi connectivity index (χ3n) is 3.00. The molecule has 0 aromatic heterocycles. The Morgan fingerprint density at radius 3 is 2.14 bits per heavy atom. The average molecular weight is 290 g/mol. The predicted octanol–water partition coefficient (Wildman–Crippen LogP) is 5.83. The molecule has 0 radical (unpaired) electrons. The lowest BCUT2D eigenvalue weighted by molar-refractivity contribution is -0.137. The van der Waals surface area contributed by atoms with E-state index in [1.807, 2.05) is 18.2 Å². The van der Waals surface area contributed by atoms with Crippen LogP contribution in [0.2, 0.25) is 0 Å². The lowest BCUT2D eigenvalue weighted by atomic mass is 10.2.